The topological polar surface area (TPSA) is 90.6 Å². The molecule has 1 heterocycles. The number of aliphatic carboxylic acids is 1. The number of nitriles is 1. The molecule has 1 aromatic rings. The van der Waals surface area contributed by atoms with Crippen LogP contribution in [0.3, 0.4) is 0 Å². The molecule has 6 heteroatoms. The second kappa shape index (κ2) is 5.83. The molecule has 0 bridgehead atoms. The average Bonchev–Trinajstić information content (AvgIpc) is 2.48. The Labute approximate surface area is 122 Å². The number of hydrogen-bond donors (Lipinski definition) is 1. The number of benzene rings is 1. The smallest absolute Gasteiger partial charge is 0.308 e. The Bertz CT molecular complexity index is 621. The van der Waals surface area contributed by atoms with Crippen LogP contribution in [0.1, 0.15) is 30.0 Å². The molecule has 2 rings (SSSR count). The number of likely N-dealkylation sites (tertiary alicyclic amines) is 1. The van der Waals surface area contributed by atoms with Gasteiger partial charge in [0.2, 0.25) is 5.91 Å². The lowest BCUT2D eigenvalue weighted by Gasteiger charge is -2.37. The average molecular weight is 288 g/mol. The van der Waals surface area contributed by atoms with Gasteiger partial charge in [-0.3, -0.25) is 9.59 Å². The Balaban J connectivity index is 2.47. The molecule has 1 aromatic carbocycles. The zero-order valence-corrected chi connectivity index (χ0v) is 11.9. The molecule has 0 radical (unpaired) electrons. The predicted molar refractivity (Wildman–Crippen MR) is 73.6 cm³/mol. The van der Waals surface area contributed by atoms with Crippen LogP contribution in [0.2, 0.25) is 0 Å². The first kappa shape index (κ1) is 14.9. The third-order valence-electron chi connectivity index (χ3n) is 3.86. The van der Waals surface area contributed by atoms with E-state index in [1.807, 2.05) is 6.07 Å². The number of nitrogens with zero attached hydrogens (tertiary/aromatic N) is 2. The number of amides is 1. The Kier molecular flexibility index (Phi) is 4.13. The van der Waals surface area contributed by atoms with E-state index in [-0.39, 0.29) is 12.3 Å². The minimum Gasteiger partial charge on any atom is -0.495 e. The van der Waals surface area contributed by atoms with Crippen LogP contribution in [0, 0.1) is 17.2 Å². The Hall–Kier alpha value is -2.55. The lowest BCUT2D eigenvalue weighted by Crippen LogP contribution is -2.43. The summed E-state index contributed by atoms with van der Waals surface area (Å²) in [4.78, 5) is 24.8. The minimum absolute atomic E-state index is 0.0909. The summed E-state index contributed by atoms with van der Waals surface area (Å²) in [6.07, 6.45) is 0.530. The first-order valence-corrected chi connectivity index (χ1v) is 6.56. The highest BCUT2D eigenvalue weighted by molar-refractivity contribution is 5.81. The summed E-state index contributed by atoms with van der Waals surface area (Å²) in [5.74, 6) is -1.27. The summed E-state index contributed by atoms with van der Waals surface area (Å²) < 4.78 is 5.08. The largest absolute Gasteiger partial charge is 0.495 e. The van der Waals surface area contributed by atoms with Crippen molar-refractivity contribution in [3.8, 4) is 11.8 Å². The molecule has 2 unspecified atom stereocenters. The molecule has 0 saturated carbocycles. The van der Waals surface area contributed by atoms with Crippen molar-refractivity contribution >= 4 is 11.9 Å². The van der Waals surface area contributed by atoms with E-state index in [9.17, 15) is 14.7 Å². The van der Waals surface area contributed by atoms with E-state index in [1.165, 1.54) is 12.0 Å². The molecule has 0 aliphatic carbocycles. The van der Waals surface area contributed by atoms with Crippen LogP contribution in [0.4, 0.5) is 0 Å². The molecule has 2 atom stereocenters. The summed E-state index contributed by atoms with van der Waals surface area (Å²) in [5, 5.41) is 18.5. The third-order valence-corrected chi connectivity index (χ3v) is 3.86. The molecule has 1 fully saturated rings. The number of carboxylic acids is 1. The number of carbonyl (C=O) groups excluding carboxylic acids is 1. The molecule has 0 aromatic heterocycles. The van der Waals surface area contributed by atoms with Gasteiger partial charge in [0.1, 0.15) is 11.8 Å². The molecule has 1 N–H and O–H groups in total. The number of hydrogen-bond acceptors (Lipinski definition) is 4. The van der Waals surface area contributed by atoms with Crippen molar-refractivity contribution in [1.29, 1.82) is 5.26 Å². The summed E-state index contributed by atoms with van der Waals surface area (Å²) in [7, 11) is 3.06. The van der Waals surface area contributed by atoms with Crippen molar-refractivity contribution in [3.63, 3.8) is 0 Å². The lowest BCUT2D eigenvalue weighted by atomic mass is 9.84. The highest BCUT2D eigenvalue weighted by atomic mass is 16.5. The van der Waals surface area contributed by atoms with E-state index >= 15 is 0 Å². The number of piperidine rings is 1. The van der Waals surface area contributed by atoms with Gasteiger partial charge in [0.05, 0.1) is 24.6 Å². The molecule has 1 amide bonds. The van der Waals surface area contributed by atoms with Gasteiger partial charge < -0.3 is 14.7 Å². The molecular weight excluding hydrogens is 272 g/mol. The van der Waals surface area contributed by atoms with Gasteiger partial charge in [-0.15, -0.1) is 0 Å². The number of carbonyl (C=O) groups is 2. The SMILES string of the molecule is COc1ccc(C2C(C(=O)O)CCC(=O)N2C)cc1C#N. The lowest BCUT2D eigenvalue weighted by molar-refractivity contribution is -0.150. The Morgan fingerprint density at radius 1 is 1.52 bits per heavy atom. The molecule has 6 nitrogen and oxygen atoms in total. The van der Waals surface area contributed by atoms with Crippen LogP contribution in [0.5, 0.6) is 5.75 Å². The Morgan fingerprint density at radius 2 is 2.24 bits per heavy atom. The van der Waals surface area contributed by atoms with Gasteiger partial charge in [-0.1, -0.05) is 6.07 Å². The fourth-order valence-corrected chi connectivity index (χ4v) is 2.75. The van der Waals surface area contributed by atoms with Crippen LogP contribution in [0.25, 0.3) is 0 Å². The standard InChI is InChI=1S/C15H16N2O4/c1-17-13(18)6-4-11(15(19)20)14(17)9-3-5-12(21-2)10(7-9)8-16/h3,5,7,11,14H,4,6H2,1-2H3,(H,19,20). The van der Waals surface area contributed by atoms with Gasteiger partial charge in [0.15, 0.2) is 0 Å². The molecular formula is C15H16N2O4. The first-order chi connectivity index (χ1) is 9.99. The Morgan fingerprint density at radius 3 is 2.81 bits per heavy atom. The van der Waals surface area contributed by atoms with Crippen LogP contribution in [-0.4, -0.2) is 36.0 Å². The monoisotopic (exact) mass is 288 g/mol. The van der Waals surface area contributed by atoms with E-state index < -0.39 is 17.9 Å². The summed E-state index contributed by atoms with van der Waals surface area (Å²) in [6, 6.07) is 6.37. The summed E-state index contributed by atoms with van der Waals surface area (Å²) >= 11 is 0. The van der Waals surface area contributed by atoms with Crippen molar-refractivity contribution < 1.29 is 19.4 Å². The van der Waals surface area contributed by atoms with Crippen LogP contribution < -0.4 is 4.74 Å². The van der Waals surface area contributed by atoms with Gasteiger partial charge in [-0.05, 0) is 24.1 Å². The van der Waals surface area contributed by atoms with Gasteiger partial charge >= 0.3 is 5.97 Å². The van der Waals surface area contributed by atoms with Crippen molar-refractivity contribution in [2.75, 3.05) is 14.2 Å². The van der Waals surface area contributed by atoms with E-state index in [0.29, 0.717) is 23.3 Å². The fourth-order valence-electron chi connectivity index (χ4n) is 2.75. The highest BCUT2D eigenvalue weighted by Crippen LogP contribution is 2.37. The molecule has 0 spiro atoms. The van der Waals surface area contributed by atoms with Crippen molar-refractivity contribution in [1.82, 2.24) is 4.90 Å². The summed E-state index contributed by atoms with van der Waals surface area (Å²) in [6.45, 7) is 0. The molecule has 21 heavy (non-hydrogen) atoms. The van der Waals surface area contributed by atoms with Gasteiger partial charge in [-0.25, -0.2) is 0 Å². The number of carboxylic acid groups (broad SMARTS) is 1. The van der Waals surface area contributed by atoms with E-state index in [2.05, 4.69) is 0 Å². The van der Waals surface area contributed by atoms with Gasteiger partial charge in [-0.2, -0.15) is 5.26 Å². The predicted octanol–water partition coefficient (Wildman–Crippen LogP) is 1.56. The van der Waals surface area contributed by atoms with E-state index in [1.54, 1.807) is 25.2 Å². The van der Waals surface area contributed by atoms with E-state index in [0.717, 1.165) is 0 Å². The van der Waals surface area contributed by atoms with Crippen molar-refractivity contribution in [2.24, 2.45) is 5.92 Å². The van der Waals surface area contributed by atoms with Gasteiger partial charge in [0.25, 0.3) is 0 Å². The second-order valence-corrected chi connectivity index (χ2v) is 5.00. The number of rotatable bonds is 3. The quantitative estimate of drug-likeness (QED) is 0.911. The second-order valence-electron chi connectivity index (χ2n) is 5.00. The zero-order chi connectivity index (χ0) is 15.6. The number of ether oxygens (including phenoxy) is 1. The maximum Gasteiger partial charge on any atom is 0.308 e. The van der Waals surface area contributed by atoms with E-state index in [4.69, 9.17) is 10.00 Å². The van der Waals surface area contributed by atoms with Crippen LogP contribution in [0.15, 0.2) is 18.2 Å². The molecule has 1 aliphatic heterocycles. The fraction of sp³-hybridized carbons (Fsp3) is 0.400. The zero-order valence-electron chi connectivity index (χ0n) is 11.9. The minimum atomic E-state index is -0.936. The first-order valence-electron chi connectivity index (χ1n) is 6.56. The molecule has 1 aliphatic rings. The maximum absolute atomic E-state index is 11.9. The summed E-state index contributed by atoms with van der Waals surface area (Å²) in [5.41, 5.74) is 0.959. The highest BCUT2D eigenvalue weighted by Gasteiger charge is 2.39. The van der Waals surface area contributed by atoms with Crippen LogP contribution >= 0.6 is 0 Å². The van der Waals surface area contributed by atoms with Crippen molar-refractivity contribution in [3.05, 3.63) is 29.3 Å². The third kappa shape index (κ3) is 2.68. The maximum atomic E-state index is 11.9. The van der Waals surface area contributed by atoms with Gasteiger partial charge in [0, 0.05) is 13.5 Å². The normalized spacial score (nSPS) is 21.8. The van der Waals surface area contributed by atoms with Crippen molar-refractivity contribution in [2.45, 2.75) is 18.9 Å². The molecule has 1 saturated heterocycles. The van der Waals surface area contributed by atoms with Crippen LogP contribution in [-0.2, 0) is 9.59 Å². The number of methoxy groups -OCH3 is 1. The molecule has 110 valence electrons.